The minimum absolute atomic E-state index is 0.539. The Bertz CT molecular complexity index is 4240. The van der Waals surface area contributed by atoms with Gasteiger partial charge in [-0.2, -0.15) is 9.97 Å². The number of para-hydroxylation sites is 5. The Hall–Kier alpha value is -9.39. The van der Waals surface area contributed by atoms with E-state index in [1.165, 1.54) is 21.9 Å². The SMILES string of the molecule is c1ccc(-c2cccc(-c3cccc(-c4nc(-c5ccccc5)nc(-n5c6ccccc6c6cc(-n7c8ccccc8c8ccccc87)c7c8ccccc8n(-c8ccccc8)c7c65)n4)c3)c2)cc1. The zero-order valence-corrected chi connectivity index (χ0v) is 37.3. The second kappa shape index (κ2) is 15.6. The van der Waals surface area contributed by atoms with Gasteiger partial charge in [-0.05, 0) is 76.9 Å². The standard InChI is InChI=1S/C63H40N6/c1-4-20-41(21-5-1)43-24-18-25-44(38-43)45-26-19-27-46(39-45)62-64-61(42-22-6-2-7-23-42)65-63(66-62)69-55-36-16-12-32-50(55)52-40-57(68-53-34-14-10-30-48(53)49-31-11-15-35-54(49)68)58-51-33-13-17-37-56(51)67(60(58)59(52)69)47-28-8-3-9-29-47/h1-40H. The van der Waals surface area contributed by atoms with Crippen LogP contribution in [-0.4, -0.2) is 28.7 Å². The van der Waals surface area contributed by atoms with Crippen LogP contribution in [0.4, 0.5) is 0 Å². The average molecular weight is 881 g/mol. The third-order valence-electron chi connectivity index (χ3n) is 13.7. The molecule has 14 aromatic rings. The van der Waals surface area contributed by atoms with E-state index >= 15 is 0 Å². The van der Waals surface area contributed by atoms with Crippen LogP contribution in [-0.2, 0) is 0 Å². The smallest absolute Gasteiger partial charge is 0.238 e. The predicted octanol–water partition coefficient (Wildman–Crippen LogP) is 15.8. The molecule has 14 rings (SSSR count). The molecule has 322 valence electrons. The van der Waals surface area contributed by atoms with Gasteiger partial charge < -0.3 is 9.13 Å². The van der Waals surface area contributed by atoms with Crippen LogP contribution in [0.3, 0.4) is 0 Å². The monoisotopic (exact) mass is 880 g/mol. The molecule has 0 radical (unpaired) electrons. The van der Waals surface area contributed by atoms with Crippen molar-refractivity contribution in [3.63, 3.8) is 0 Å². The molecule has 69 heavy (non-hydrogen) atoms. The molecular formula is C63H40N6. The van der Waals surface area contributed by atoms with Crippen LogP contribution in [0.2, 0.25) is 0 Å². The van der Waals surface area contributed by atoms with Gasteiger partial charge in [0.05, 0.1) is 38.8 Å². The highest BCUT2D eigenvalue weighted by Crippen LogP contribution is 2.46. The Balaban J connectivity index is 1.10. The molecule has 0 aliphatic carbocycles. The van der Waals surface area contributed by atoms with Gasteiger partial charge in [-0.1, -0.05) is 188 Å². The lowest BCUT2D eigenvalue weighted by Crippen LogP contribution is -2.07. The first-order valence-corrected chi connectivity index (χ1v) is 23.4. The maximum Gasteiger partial charge on any atom is 0.238 e. The number of fused-ring (bicyclic) bond motifs is 10. The lowest BCUT2D eigenvalue weighted by atomic mass is 9.98. The van der Waals surface area contributed by atoms with Gasteiger partial charge in [0.2, 0.25) is 5.95 Å². The van der Waals surface area contributed by atoms with Crippen molar-refractivity contribution >= 4 is 65.4 Å². The van der Waals surface area contributed by atoms with E-state index in [4.69, 9.17) is 15.0 Å². The van der Waals surface area contributed by atoms with Gasteiger partial charge in [0.25, 0.3) is 0 Å². The van der Waals surface area contributed by atoms with Crippen molar-refractivity contribution in [2.75, 3.05) is 0 Å². The van der Waals surface area contributed by atoms with Crippen molar-refractivity contribution in [3.05, 3.63) is 243 Å². The van der Waals surface area contributed by atoms with Crippen LogP contribution in [0.25, 0.3) is 128 Å². The molecule has 0 unspecified atom stereocenters. The zero-order valence-electron chi connectivity index (χ0n) is 37.3. The summed E-state index contributed by atoms with van der Waals surface area (Å²) < 4.78 is 7.19. The van der Waals surface area contributed by atoms with Crippen LogP contribution >= 0.6 is 0 Å². The highest BCUT2D eigenvalue weighted by atomic mass is 15.2. The van der Waals surface area contributed by atoms with E-state index in [-0.39, 0.29) is 0 Å². The molecule has 0 fully saturated rings. The fourth-order valence-electron chi connectivity index (χ4n) is 10.6. The Morgan fingerprint density at radius 3 is 1.29 bits per heavy atom. The lowest BCUT2D eigenvalue weighted by Gasteiger charge is -2.16. The summed E-state index contributed by atoms with van der Waals surface area (Å²) in [6.45, 7) is 0. The summed E-state index contributed by atoms with van der Waals surface area (Å²) >= 11 is 0. The Morgan fingerprint density at radius 1 is 0.261 bits per heavy atom. The van der Waals surface area contributed by atoms with E-state index in [1.807, 2.05) is 18.2 Å². The van der Waals surface area contributed by atoms with Crippen LogP contribution in [0.1, 0.15) is 0 Å². The van der Waals surface area contributed by atoms with Gasteiger partial charge in [0.15, 0.2) is 11.6 Å². The molecule has 0 atom stereocenters. The molecule has 0 bridgehead atoms. The first kappa shape index (κ1) is 38.8. The van der Waals surface area contributed by atoms with E-state index in [0.717, 1.165) is 88.3 Å². The van der Waals surface area contributed by atoms with E-state index in [0.29, 0.717) is 17.6 Å². The molecule has 0 amide bonds. The Kier molecular flexibility index (Phi) is 8.79. The molecule has 4 heterocycles. The second-order valence-corrected chi connectivity index (χ2v) is 17.6. The third-order valence-corrected chi connectivity index (χ3v) is 13.7. The highest BCUT2D eigenvalue weighted by molar-refractivity contribution is 6.27. The van der Waals surface area contributed by atoms with Crippen molar-refractivity contribution in [3.8, 4) is 62.4 Å². The largest absolute Gasteiger partial charge is 0.309 e. The fourth-order valence-corrected chi connectivity index (χ4v) is 10.6. The van der Waals surface area contributed by atoms with Crippen molar-refractivity contribution in [1.29, 1.82) is 0 Å². The van der Waals surface area contributed by atoms with Gasteiger partial charge in [-0.3, -0.25) is 4.57 Å². The summed E-state index contributed by atoms with van der Waals surface area (Å²) in [7, 11) is 0. The molecule has 6 nitrogen and oxygen atoms in total. The van der Waals surface area contributed by atoms with Crippen molar-refractivity contribution in [2.24, 2.45) is 0 Å². The van der Waals surface area contributed by atoms with Crippen molar-refractivity contribution in [1.82, 2.24) is 28.7 Å². The Labute approximate surface area is 397 Å². The van der Waals surface area contributed by atoms with Crippen LogP contribution in [0, 0.1) is 0 Å². The first-order chi connectivity index (χ1) is 34.2. The predicted molar refractivity (Wildman–Crippen MR) is 285 cm³/mol. The maximum atomic E-state index is 5.52. The summed E-state index contributed by atoms with van der Waals surface area (Å²) in [6, 6.07) is 86.2. The van der Waals surface area contributed by atoms with Gasteiger partial charge in [-0.15, -0.1) is 0 Å². The third kappa shape index (κ3) is 6.16. The van der Waals surface area contributed by atoms with E-state index < -0.39 is 0 Å². The summed E-state index contributed by atoms with van der Waals surface area (Å²) in [5.74, 6) is 1.73. The quantitative estimate of drug-likeness (QED) is 0.160. The van der Waals surface area contributed by atoms with E-state index in [9.17, 15) is 0 Å². The zero-order chi connectivity index (χ0) is 45.4. The van der Waals surface area contributed by atoms with Crippen LogP contribution < -0.4 is 0 Å². The number of aromatic nitrogens is 6. The minimum atomic E-state index is 0.539. The van der Waals surface area contributed by atoms with Gasteiger partial charge >= 0.3 is 0 Å². The first-order valence-electron chi connectivity index (χ1n) is 23.4. The summed E-state index contributed by atoms with van der Waals surface area (Å²) in [4.78, 5) is 16.2. The molecule has 0 saturated heterocycles. The second-order valence-electron chi connectivity index (χ2n) is 17.6. The fraction of sp³-hybridized carbons (Fsp3) is 0. The van der Waals surface area contributed by atoms with Crippen molar-refractivity contribution < 1.29 is 0 Å². The normalized spacial score (nSPS) is 11.8. The van der Waals surface area contributed by atoms with Gasteiger partial charge in [-0.25, -0.2) is 4.98 Å². The number of hydrogen-bond acceptors (Lipinski definition) is 3. The average Bonchev–Trinajstić information content (AvgIpc) is 4.07. The summed E-state index contributed by atoms with van der Waals surface area (Å²) in [6.07, 6.45) is 0. The van der Waals surface area contributed by atoms with Gasteiger partial charge in [0.1, 0.15) is 0 Å². The topological polar surface area (TPSA) is 53.5 Å². The number of hydrogen-bond donors (Lipinski definition) is 0. The number of nitrogens with zero attached hydrogens (tertiary/aromatic N) is 6. The summed E-state index contributed by atoms with van der Waals surface area (Å²) in [5.41, 5.74) is 15.0. The molecule has 0 aliphatic rings. The molecule has 6 heteroatoms. The molecule has 10 aromatic carbocycles. The summed E-state index contributed by atoms with van der Waals surface area (Å²) in [5, 5.41) is 6.93. The molecule has 0 saturated carbocycles. The number of benzene rings is 10. The number of rotatable bonds is 7. The maximum absolute atomic E-state index is 5.52. The molecule has 0 spiro atoms. The van der Waals surface area contributed by atoms with E-state index in [1.54, 1.807) is 0 Å². The minimum Gasteiger partial charge on any atom is -0.309 e. The molecule has 0 N–H and O–H groups in total. The van der Waals surface area contributed by atoms with Crippen LogP contribution in [0.15, 0.2) is 243 Å². The van der Waals surface area contributed by atoms with E-state index in [2.05, 4.69) is 238 Å². The molecular weight excluding hydrogens is 841 g/mol. The molecule has 4 aromatic heterocycles. The van der Waals surface area contributed by atoms with Crippen molar-refractivity contribution in [2.45, 2.75) is 0 Å². The highest BCUT2D eigenvalue weighted by Gasteiger charge is 2.27. The molecule has 0 aliphatic heterocycles. The Morgan fingerprint density at radius 2 is 0.681 bits per heavy atom. The lowest BCUT2D eigenvalue weighted by molar-refractivity contribution is 0.953. The van der Waals surface area contributed by atoms with Gasteiger partial charge in [0, 0.05) is 49.1 Å². The van der Waals surface area contributed by atoms with Crippen LogP contribution in [0.5, 0.6) is 0 Å².